The largest absolute Gasteiger partial charge is 0.494 e. The van der Waals surface area contributed by atoms with Crippen LogP contribution in [0, 0.1) is 11.3 Å². The lowest BCUT2D eigenvalue weighted by Gasteiger charge is -2.20. The maximum atomic E-state index is 12.8. The molecule has 0 saturated heterocycles. The number of aryl methyl sites for hydroxylation is 1. The van der Waals surface area contributed by atoms with E-state index in [1.54, 1.807) is 30.3 Å². The van der Waals surface area contributed by atoms with E-state index in [1.807, 2.05) is 18.2 Å². The summed E-state index contributed by atoms with van der Waals surface area (Å²) in [7, 11) is 0. The van der Waals surface area contributed by atoms with Crippen molar-refractivity contribution in [3.63, 3.8) is 0 Å². The summed E-state index contributed by atoms with van der Waals surface area (Å²) in [5.74, 6) is -0.491. The Kier molecular flexibility index (Phi) is 6.17. The number of amides is 1. The van der Waals surface area contributed by atoms with Gasteiger partial charge in [-0.25, -0.2) is 0 Å². The highest BCUT2D eigenvalue weighted by Crippen LogP contribution is 2.41. The molecule has 0 radical (unpaired) electrons. The van der Waals surface area contributed by atoms with Crippen LogP contribution in [0.1, 0.15) is 38.7 Å². The quantitative estimate of drug-likeness (QED) is 0.328. The number of aromatic hydroxyl groups is 2. The first-order valence-corrected chi connectivity index (χ1v) is 10.8. The molecule has 0 spiro atoms. The lowest BCUT2D eigenvalue weighted by Crippen LogP contribution is -2.29. The third-order valence-electron chi connectivity index (χ3n) is 5.51. The molecule has 0 aliphatic heterocycles. The topological polar surface area (TPSA) is 98.3 Å². The predicted molar refractivity (Wildman–Crippen MR) is 124 cm³/mol. The summed E-state index contributed by atoms with van der Waals surface area (Å²) in [6, 6.07) is 13.5. The van der Waals surface area contributed by atoms with E-state index < -0.39 is 6.04 Å². The molecule has 1 aromatic heterocycles. The summed E-state index contributed by atoms with van der Waals surface area (Å²) in [5.41, 5.74) is 2.92. The molecule has 8 heteroatoms. The zero-order valence-corrected chi connectivity index (χ0v) is 18.6. The summed E-state index contributed by atoms with van der Waals surface area (Å²) in [6.45, 7) is 0.340. The van der Waals surface area contributed by atoms with Gasteiger partial charge in [-0.1, -0.05) is 35.9 Å². The molecule has 4 rings (SSSR count). The van der Waals surface area contributed by atoms with E-state index in [0.717, 1.165) is 5.56 Å². The fourth-order valence-electron chi connectivity index (χ4n) is 3.84. The number of benzene rings is 2. The highest BCUT2D eigenvalue weighted by molar-refractivity contribution is 7.80. The standard InChI is InChI=1S/C24H20ClN3O3S/c25-16-8-9-20(32)18(12-16)22(29)27-19-3-1-2-17-21(19)24(31)28(23(17)30)11-10-14-4-6-15(13-26)7-5-14/h1,3-9,12,19,30-32H,2,10-11H2,(H,27,29). The molecule has 3 aromatic rings. The average molecular weight is 466 g/mol. The van der Waals surface area contributed by atoms with Crippen molar-refractivity contribution in [1.82, 2.24) is 9.88 Å². The Morgan fingerprint density at radius 3 is 2.69 bits per heavy atom. The molecule has 32 heavy (non-hydrogen) atoms. The minimum atomic E-state index is -0.611. The van der Waals surface area contributed by atoms with E-state index in [-0.39, 0.29) is 17.7 Å². The van der Waals surface area contributed by atoms with Crippen LogP contribution in [0.2, 0.25) is 5.02 Å². The van der Waals surface area contributed by atoms with Crippen LogP contribution in [0.3, 0.4) is 0 Å². The van der Waals surface area contributed by atoms with Gasteiger partial charge in [-0.3, -0.25) is 9.36 Å². The molecular weight excluding hydrogens is 446 g/mol. The smallest absolute Gasteiger partial charge is 0.253 e. The fourth-order valence-corrected chi connectivity index (χ4v) is 4.25. The van der Waals surface area contributed by atoms with Crippen LogP contribution in [-0.2, 0) is 19.4 Å². The van der Waals surface area contributed by atoms with E-state index in [4.69, 9.17) is 16.9 Å². The van der Waals surface area contributed by atoms with Gasteiger partial charge in [0.1, 0.15) is 0 Å². The van der Waals surface area contributed by atoms with Crippen molar-refractivity contribution >= 4 is 30.1 Å². The Bertz CT molecular complexity index is 1260. The van der Waals surface area contributed by atoms with Crippen LogP contribution in [-0.4, -0.2) is 20.7 Å². The van der Waals surface area contributed by atoms with Gasteiger partial charge in [0.2, 0.25) is 0 Å². The second-order valence-corrected chi connectivity index (χ2v) is 8.41. The number of fused-ring (bicyclic) bond motifs is 1. The number of hydrogen-bond donors (Lipinski definition) is 4. The lowest BCUT2D eigenvalue weighted by atomic mass is 9.96. The molecule has 1 atom stereocenters. The van der Waals surface area contributed by atoms with Crippen molar-refractivity contribution in [2.45, 2.75) is 30.3 Å². The highest BCUT2D eigenvalue weighted by Gasteiger charge is 2.30. The van der Waals surface area contributed by atoms with Crippen LogP contribution in [0.4, 0.5) is 0 Å². The van der Waals surface area contributed by atoms with Crippen molar-refractivity contribution in [3.8, 4) is 17.8 Å². The van der Waals surface area contributed by atoms with Gasteiger partial charge in [0, 0.05) is 27.6 Å². The number of nitrogens with one attached hydrogen (secondary N) is 1. The Morgan fingerprint density at radius 1 is 1.22 bits per heavy atom. The Morgan fingerprint density at radius 2 is 1.97 bits per heavy atom. The number of rotatable bonds is 5. The molecule has 0 fully saturated rings. The highest BCUT2D eigenvalue weighted by atomic mass is 35.5. The summed E-state index contributed by atoms with van der Waals surface area (Å²) < 4.78 is 1.44. The molecule has 162 valence electrons. The normalized spacial score (nSPS) is 14.6. The number of carbonyl (C=O) groups is 1. The Labute approximate surface area is 195 Å². The second-order valence-electron chi connectivity index (χ2n) is 7.49. The first-order valence-electron chi connectivity index (χ1n) is 9.97. The van der Waals surface area contributed by atoms with Gasteiger partial charge in [0.05, 0.1) is 23.2 Å². The maximum absolute atomic E-state index is 12.8. The number of nitrogens with zero attached hydrogens (tertiary/aromatic N) is 2. The summed E-state index contributed by atoms with van der Waals surface area (Å²) in [4.78, 5) is 13.3. The molecular formula is C24H20ClN3O3S. The number of hydrogen-bond acceptors (Lipinski definition) is 5. The third kappa shape index (κ3) is 4.20. The Balaban J connectivity index is 1.57. The van der Waals surface area contributed by atoms with Gasteiger partial charge in [-0.2, -0.15) is 5.26 Å². The van der Waals surface area contributed by atoms with Gasteiger partial charge in [0.25, 0.3) is 5.91 Å². The number of thiol groups is 1. The first kappa shape index (κ1) is 21.9. The van der Waals surface area contributed by atoms with E-state index in [1.165, 1.54) is 10.6 Å². The molecule has 1 aliphatic carbocycles. The van der Waals surface area contributed by atoms with Crippen molar-refractivity contribution in [1.29, 1.82) is 5.26 Å². The number of halogens is 1. The van der Waals surface area contributed by atoms with Crippen molar-refractivity contribution in [2.24, 2.45) is 0 Å². The van der Waals surface area contributed by atoms with Crippen LogP contribution in [0.15, 0.2) is 59.5 Å². The van der Waals surface area contributed by atoms with Crippen LogP contribution in [0.25, 0.3) is 0 Å². The van der Waals surface area contributed by atoms with Crippen LogP contribution in [0.5, 0.6) is 11.8 Å². The van der Waals surface area contributed by atoms with E-state index in [2.05, 4.69) is 24.0 Å². The molecule has 0 saturated carbocycles. The summed E-state index contributed by atoms with van der Waals surface area (Å²) in [6.07, 6.45) is 4.63. The molecule has 1 amide bonds. The van der Waals surface area contributed by atoms with Gasteiger partial charge in [-0.05, 0) is 48.7 Å². The minimum Gasteiger partial charge on any atom is -0.494 e. The number of carbonyl (C=O) groups excluding carboxylic acids is 1. The van der Waals surface area contributed by atoms with Crippen LogP contribution >= 0.6 is 24.2 Å². The monoisotopic (exact) mass is 465 g/mol. The predicted octanol–water partition coefficient (Wildman–Crippen LogP) is 4.54. The van der Waals surface area contributed by atoms with Gasteiger partial charge >= 0.3 is 0 Å². The molecule has 3 N–H and O–H groups in total. The van der Waals surface area contributed by atoms with Gasteiger partial charge in [-0.15, -0.1) is 12.6 Å². The van der Waals surface area contributed by atoms with Crippen molar-refractivity contribution in [3.05, 3.63) is 87.5 Å². The summed E-state index contributed by atoms with van der Waals surface area (Å²) in [5, 5.41) is 33.9. The van der Waals surface area contributed by atoms with Crippen molar-refractivity contribution < 1.29 is 15.0 Å². The first-order chi connectivity index (χ1) is 15.4. The maximum Gasteiger partial charge on any atom is 0.253 e. The van der Waals surface area contributed by atoms with Crippen molar-refractivity contribution in [2.75, 3.05) is 0 Å². The van der Waals surface area contributed by atoms with E-state index in [9.17, 15) is 15.0 Å². The number of allylic oxidation sites excluding steroid dienone is 1. The van der Waals surface area contributed by atoms with Crippen LogP contribution < -0.4 is 5.32 Å². The molecule has 6 nitrogen and oxygen atoms in total. The zero-order chi connectivity index (χ0) is 22.8. The molecule has 1 unspecified atom stereocenters. The average Bonchev–Trinajstić information content (AvgIpc) is 3.04. The van der Waals surface area contributed by atoms with Gasteiger partial charge in [0.15, 0.2) is 11.8 Å². The molecule has 1 aliphatic rings. The fraction of sp³-hybridized carbons (Fsp3) is 0.167. The van der Waals surface area contributed by atoms with E-state index >= 15 is 0 Å². The SMILES string of the molecule is N#Cc1ccc(CCn2c(O)c3c(c2O)C(NC(=O)c2cc(Cl)ccc2S)C=CC3)cc1. The number of aromatic nitrogens is 1. The summed E-state index contributed by atoms with van der Waals surface area (Å²) >= 11 is 10.3. The number of nitriles is 1. The molecule has 1 heterocycles. The lowest BCUT2D eigenvalue weighted by molar-refractivity contribution is 0.0940. The molecule has 2 aromatic carbocycles. The zero-order valence-electron chi connectivity index (χ0n) is 16.9. The molecule has 0 bridgehead atoms. The minimum absolute atomic E-state index is 0.0209. The third-order valence-corrected chi connectivity index (χ3v) is 6.13. The Hall–Kier alpha value is -3.34. The van der Waals surface area contributed by atoms with E-state index in [0.29, 0.717) is 51.6 Å². The van der Waals surface area contributed by atoms with Gasteiger partial charge < -0.3 is 15.5 Å². The second kappa shape index (κ2) is 9.03.